The normalized spacial score (nSPS) is 22.6. The van der Waals surface area contributed by atoms with Gasteiger partial charge in [-0.2, -0.15) is 0 Å². The Balaban J connectivity index is 2.03. The molecule has 1 heterocycles. The average molecular weight is 612 g/mol. The fourth-order valence-electron chi connectivity index (χ4n) is 6.93. The van der Waals surface area contributed by atoms with Gasteiger partial charge in [0.1, 0.15) is 0 Å². The highest BCUT2D eigenvalue weighted by molar-refractivity contribution is 6.37. The molecule has 1 amide bonds. The number of rotatable bonds is 9. The molecular weight excluding hydrogens is 550 g/mol. The first kappa shape index (κ1) is 36.1. The molecule has 0 spiro atoms. The lowest BCUT2D eigenvalue weighted by Gasteiger charge is -2.45. The highest BCUT2D eigenvalue weighted by Gasteiger charge is 2.40. The lowest BCUT2D eigenvalue weighted by Crippen LogP contribution is -2.54. The first-order chi connectivity index (χ1) is 20.6. The Morgan fingerprint density at radius 2 is 1.64 bits per heavy atom. The van der Waals surface area contributed by atoms with Crippen molar-refractivity contribution in [2.24, 2.45) is 21.7 Å². The van der Waals surface area contributed by atoms with Crippen LogP contribution in [0.25, 0.3) is 0 Å². The van der Waals surface area contributed by atoms with Gasteiger partial charge in [0.2, 0.25) is 0 Å². The molecule has 1 aliphatic heterocycles. The zero-order valence-corrected chi connectivity index (χ0v) is 29.4. The number of hydrogen-bond donors (Lipinski definition) is 0. The third kappa shape index (κ3) is 10.1. The summed E-state index contributed by atoms with van der Waals surface area (Å²) in [7, 11) is 1.76. The molecule has 1 unspecified atom stereocenters. The summed E-state index contributed by atoms with van der Waals surface area (Å²) < 4.78 is 11.4. The van der Waals surface area contributed by atoms with E-state index in [2.05, 4.69) is 56.3 Å². The van der Waals surface area contributed by atoms with E-state index in [1.807, 2.05) is 45.0 Å². The second-order valence-corrected chi connectivity index (χ2v) is 15.5. The average Bonchev–Trinajstić information content (AvgIpc) is 2.95. The lowest BCUT2D eigenvalue weighted by atomic mass is 9.71. The van der Waals surface area contributed by atoms with Gasteiger partial charge < -0.3 is 19.3 Å². The molecule has 44 heavy (non-hydrogen) atoms. The number of esters is 1. The molecule has 0 bridgehead atoms. The van der Waals surface area contributed by atoms with Crippen molar-refractivity contribution in [2.45, 2.75) is 138 Å². The van der Waals surface area contributed by atoms with Gasteiger partial charge in [0, 0.05) is 32.8 Å². The Bertz CT molecular complexity index is 1090. The van der Waals surface area contributed by atoms with Crippen LogP contribution < -0.4 is 0 Å². The van der Waals surface area contributed by atoms with Crippen molar-refractivity contribution in [1.29, 1.82) is 0 Å². The van der Waals surface area contributed by atoms with Gasteiger partial charge in [0.05, 0.1) is 23.8 Å². The van der Waals surface area contributed by atoms with Crippen molar-refractivity contribution in [3.8, 4) is 0 Å². The predicted molar refractivity (Wildman–Crippen MR) is 180 cm³/mol. The van der Waals surface area contributed by atoms with Crippen molar-refractivity contribution in [3.63, 3.8) is 0 Å². The summed E-state index contributed by atoms with van der Waals surface area (Å²) in [6.07, 6.45) is 7.91. The maximum atomic E-state index is 14.9. The number of ether oxygens (including phenoxy) is 2. The molecule has 3 rings (SSSR count). The van der Waals surface area contributed by atoms with Crippen LogP contribution in [0, 0.1) is 16.7 Å². The van der Waals surface area contributed by atoms with Crippen LogP contribution in [0.4, 0.5) is 0 Å². The van der Waals surface area contributed by atoms with Gasteiger partial charge in [-0.3, -0.25) is 9.79 Å². The molecule has 7 nitrogen and oxygen atoms in total. The second-order valence-electron chi connectivity index (χ2n) is 15.5. The largest absolute Gasteiger partial charge is 0.459 e. The van der Waals surface area contributed by atoms with Crippen molar-refractivity contribution in [1.82, 2.24) is 9.80 Å². The SMILES string of the molecule is CCOC1CCCN(C(=NC)C(=O)N(C2CCC(C(C)(C)C)CC2)[C@H](CCC(C)(C)C)c2ccc(C(=O)OC(C)C)cc2)C1. The number of amides is 1. The molecular formula is C37H61N3O4. The summed E-state index contributed by atoms with van der Waals surface area (Å²) in [5, 5.41) is 0. The van der Waals surface area contributed by atoms with Gasteiger partial charge in [-0.05, 0) is 107 Å². The summed E-state index contributed by atoms with van der Waals surface area (Å²) in [6, 6.07) is 7.77. The standard InChI is InChI=1S/C37H61N3O4/c1-11-43-31-13-12-24-39(25-31)33(38-10)34(41)40(30-20-18-29(19-21-30)37(7,8)9)32(22-23-36(4,5)6)27-14-16-28(17-15-27)35(42)44-26(2)3/h14-17,26,29-32H,11-13,18-25H2,1-10H3/t29?,30?,31?,32-/m1/s1. The minimum Gasteiger partial charge on any atom is -0.459 e. The molecule has 1 aromatic rings. The van der Waals surface area contributed by atoms with E-state index in [-0.39, 0.29) is 47.0 Å². The second kappa shape index (κ2) is 15.7. The molecule has 2 fully saturated rings. The molecule has 1 aliphatic carbocycles. The van der Waals surface area contributed by atoms with Crippen LogP contribution in [0.1, 0.15) is 136 Å². The summed E-state index contributed by atoms with van der Waals surface area (Å²) in [4.78, 5) is 36.6. The molecule has 0 aromatic heterocycles. The van der Waals surface area contributed by atoms with Crippen LogP contribution in [0.15, 0.2) is 29.3 Å². The first-order valence-electron chi connectivity index (χ1n) is 17.1. The van der Waals surface area contributed by atoms with E-state index in [0.717, 1.165) is 63.5 Å². The van der Waals surface area contributed by atoms with E-state index < -0.39 is 0 Å². The van der Waals surface area contributed by atoms with E-state index in [1.165, 1.54) is 0 Å². The minimum absolute atomic E-state index is 0.0195. The number of nitrogens with zero attached hydrogens (tertiary/aromatic N) is 3. The number of benzene rings is 1. The highest BCUT2D eigenvalue weighted by Crippen LogP contribution is 2.42. The van der Waals surface area contributed by atoms with Crippen LogP contribution in [-0.2, 0) is 14.3 Å². The summed E-state index contributed by atoms with van der Waals surface area (Å²) in [5.41, 5.74) is 1.95. The van der Waals surface area contributed by atoms with Gasteiger partial charge in [0.25, 0.3) is 5.91 Å². The molecule has 1 aromatic carbocycles. The Labute approximate surface area is 268 Å². The van der Waals surface area contributed by atoms with Crippen LogP contribution in [0.3, 0.4) is 0 Å². The zero-order chi connectivity index (χ0) is 32.7. The number of hydrogen-bond acceptors (Lipinski definition) is 5. The lowest BCUT2D eigenvalue weighted by molar-refractivity contribution is -0.131. The fraction of sp³-hybridized carbons (Fsp3) is 0.757. The zero-order valence-electron chi connectivity index (χ0n) is 29.4. The van der Waals surface area contributed by atoms with E-state index in [0.29, 0.717) is 30.5 Å². The monoisotopic (exact) mass is 611 g/mol. The van der Waals surface area contributed by atoms with Gasteiger partial charge in [-0.25, -0.2) is 4.79 Å². The van der Waals surface area contributed by atoms with Crippen molar-refractivity contribution < 1.29 is 19.1 Å². The molecule has 1 saturated carbocycles. The molecule has 248 valence electrons. The highest BCUT2D eigenvalue weighted by atomic mass is 16.5. The predicted octanol–water partition coefficient (Wildman–Crippen LogP) is 8.08. The molecule has 0 N–H and O–H groups in total. The summed E-state index contributed by atoms with van der Waals surface area (Å²) in [6.45, 7) is 21.7. The number of carbonyl (C=O) groups is 2. The maximum Gasteiger partial charge on any atom is 0.338 e. The van der Waals surface area contributed by atoms with Crippen LogP contribution in [0.2, 0.25) is 0 Å². The quantitative estimate of drug-likeness (QED) is 0.160. The number of likely N-dealkylation sites (tertiary alicyclic amines) is 1. The summed E-state index contributed by atoms with van der Waals surface area (Å²) >= 11 is 0. The molecule has 7 heteroatoms. The van der Waals surface area contributed by atoms with Crippen molar-refractivity contribution >= 4 is 17.7 Å². The Morgan fingerprint density at radius 1 is 1.00 bits per heavy atom. The van der Waals surface area contributed by atoms with E-state index in [9.17, 15) is 9.59 Å². The van der Waals surface area contributed by atoms with Gasteiger partial charge in [0.15, 0.2) is 5.84 Å². The van der Waals surface area contributed by atoms with Gasteiger partial charge in [-0.1, -0.05) is 53.7 Å². The minimum atomic E-state index is -0.319. The van der Waals surface area contributed by atoms with Crippen molar-refractivity contribution in [2.75, 3.05) is 26.7 Å². The van der Waals surface area contributed by atoms with Crippen LogP contribution >= 0.6 is 0 Å². The molecule has 2 aliphatic rings. The Hall–Kier alpha value is -2.41. The van der Waals surface area contributed by atoms with Crippen LogP contribution in [-0.4, -0.2) is 72.5 Å². The molecule has 1 saturated heterocycles. The third-order valence-corrected chi connectivity index (χ3v) is 9.41. The number of piperidine rings is 1. The number of aliphatic imine (C=N–C) groups is 1. The molecule has 2 atom stereocenters. The number of carbonyl (C=O) groups excluding carboxylic acids is 2. The fourth-order valence-corrected chi connectivity index (χ4v) is 6.93. The Morgan fingerprint density at radius 3 is 2.16 bits per heavy atom. The van der Waals surface area contributed by atoms with E-state index in [4.69, 9.17) is 9.47 Å². The topological polar surface area (TPSA) is 71.4 Å². The Kier molecular flexibility index (Phi) is 12.9. The summed E-state index contributed by atoms with van der Waals surface area (Å²) in [5.74, 6) is 0.889. The smallest absolute Gasteiger partial charge is 0.338 e. The molecule has 0 radical (unpaired) electrons. The van der Waals surface area contributed by atoms with Gasteiger partial charge >= 0.3 is 5.97 Å². The van der Waals surface area contributed by atoms with Crippen molar-refractivity contribution in [3.05, 3.63) is 35.4 Å². The number of amidine groups is 1. The van der Waals surface area contributed by atoms with Crippen LogP contribution in [0.5, 0.6) is 0 Å². The van der Waals surface area contributed by atoms with E-state index in [1.54, 1.807) is 7.05 Å². The van der Waals surface area contributed by atoms with E-state index >= 15 is 0 Å². The first-order valence-corrected chi connectivity index (χ1v) is 17.1. The van der Waals surface area contributed by atoms with Gasteiger partial charge in [-0.15, -0.1) is 0 Å². The third-order valence-electron chi connectivity index (χ3n) is 9.41. The maximum absolute atomic E-state index is 14.9.